The minimum atomic E-state index is -0.536. The van der Waals surface area contributed by atoms with Crippen LogP contribution in [0.25, 0.3) is 0 Å². The number of ether oxygens (including phenoxy) is 1. The molecular weight excluding hydrogens is 244 g/mol. The largest absolute Gasteiger partial charge is 0.386 e. The van der Waals surface area contributed by atoms with Crippen LogP contribution in [0.3, 0.4) is 0 Å². The molecule has 1 aromatic carbocycles. The molecule has 0 saturated carbocycles. The van der Waals surface area contributed by atoms with Crippen LogP contribution in [0.15, 0.2) is 22.7 Å². The molecule has 0 heterocycles. The van der Waals surface area contributed by atoms with Gasteiger partial charge in [-0.3, -0.25) is 0 Å². The van der Waals surface area contributed by atoms with Crippen LogP contribution < -0.4 is 0 Å². The van der Waals surface area contributed by atoms with Gasteiger partial charge in [-0.15, -0.1) is 0 Å². The van der Waals surface area contributed by atoms with Gasteiger partial charge in [-0.2, -0.15) is 0 Å². The normalized spacial score (nSPS) is 12.9. The van der Waals surface area contributed by atoms with E-state index in [9.17, 15) is 5.11 Å². The van der Waals surface area contributed by atoms with Gasteiger partial charge >= 0.3 is 0 Å². The topological polar surface area (TPSA) is 29.5 Å². The Hall–Kier alpha value is -0.380. The molecule has 0 saturated heterocycles. The molecule has 3 heteroatoms. The minimum Gasteiger partial charge on any atom is -0.386 e. The zero-order chi connectivity index (χ0) is 10.6. The summed E-state index contributed by atoms with van der Waals surface area (Å²) in [5.74, 6) is 0. The van der Waals surface area contributed by atoms with Crippen molar-refractivity contribution < 1.29 is 9.84 Å². The van der Waals surface area contributed by atoms with E-state index in [1.807, 2.05) is 32.0 Å². The molecule has 0 spiro atoms. The van der Waals surface area contributed by atoms with Crippen LogP contribution in [-0.2, 0) is 4.74 Å². The smallest absolute Gasteiger partial charge is 0.102 e. The quantitative estimate of drug-likeness (QED) is 0.900. The highest BCUT2D eigenvalue weighted by molar-refractivity contribution is 9.10. The molecule has 1 rings (SSSR count). The Bertz CT molecular complexity index is 279. The second kappa shape index (κ2) is 5.49. The fourth-order valence-corrected chi connectivity index (χ4v) is 1.91. The van der Waals surface area contributed by atoms with Crippen molar-refractivity contribution in [3.8, 4) is 0 Å². The summed E-state index contributed by atoms with van der Waals surface area (Å²) in [6.07, 6.45) is -0.536. The van der Waals surface area contributed by atoms with Crippen molar-refractivity contribution in [2.45, 2.75) is 20.0 Å². The summed E-state index contributed by atoms with van der Waals surface area (Å²) in [6, 6.07) is 5.89. The van der Waals surface area contributed by atoms with Gasteiger partial charge in [0, 0.05) is 11.1 Å². The molecule has 78 valence electrons. The molecule has 0 aliphatic heterocycles. The number of halogens is 1. The Kier molecular flexibility index (Phi) is 4.58. The molecule has 14 heavy (non-hydrogen) atoms. The lowest BCUT2D eigenvalue weighted by Crippen LogP contribution is -2.07. The number of aryl methyl sites for hydroxylation is 1. The van der Waals surface area contributed by atoms with Gasteiger partial charge < -0.3 is 9.84 Å². The van der Waals surface area contributed by atoms with Gasteiger partial charge in [0.1, 0.15) is 6.10 Å². The highest BCUT2D eigenvalue weighted by atomic mass is 79.9. The molecule has 1 aromatic rings. The number of hydrogen-bond acceptors (Lipinski definition) is 2. The van der Waals surface area contributed by atoms with Gasteiger partial charge in [-0.1, -0.05) is 22.0 Å². The minimum absolute atomic E-state index is 0.354. The van der Waals surface area contributed by atoms with E-state index in [4.69, 9.17) is 4.74 Å². The van der Waals surface area contributed by atoms with Crippen molar-refractivity contribution in [3.05, 3.63) is 33.8 Å². The lowest BCUT2D eigenvalue weighted by molar-refractivity contribution is 0.0420. The maximum atomic E-state index is 9.75. The van der Waals surface area contributed by atoms with Crippen LogP contribution in [0, 0.1) is 6.92 Å². The van der Waals surface area contributed by atoms with Gasteiger partial charge in [0.05, 0.1) is 6.61 Å². The van der Waals surface area contributed by atoms with E-state index in [2.05, 4.69) is 15.9 Å². The zero-order valence-corrected chi connectivity index (χ0v) is 10.0. The van der Waals surface area contributed by atoms with Crippen LogP contribution in [0.4, 0.5) is 0 Å². The van der Waals surface area contributed by atoms with E-state index in [1.54, 1.807) is 0 Å². The van der Waals surface area contributed by atoms with Crippen molar-refractivity contribution in [1.29, 1.82) is 0 Å². The number of aliphatic hydroxyl groups is 1. The molecule has 0 radical (unpaired) electrons. The summed E-state index contributed by atoms with van der Waals surface area (Å²) < 4.78 is 6.15. The Labute approximate surface area is 93.0 Å². The van der Waals surface area contributed by atoms with Gasteiger partial charge in [0.2, 0.25) is 0 Å². The van der Waals surface area contributed by atoms with Crippen molar-refractivity contribution in [3.63, 3.8) is 0 Å². The molecule has 0 aliphatic rings. The number of rotatable bonds is 4. The van der Waals surface area contributed by atoms with Crippen molar-refractivity contribution in [1.82, 2.24) is 0 Å². The number of hydrogen-bond donors (Lipinski definition) is 1. The first kappa shape index (κ1) is 11.7. The maximum absolute atomic E-state index is 9.75. The third-order valence-corrected chi connectivity index (χ3v) is 2.39. The van der Waals surface area contributed by atoms with E-state index in [-0.39, 0.29) is 0 Å². The molecular formula is C11H15BrO2. The van der Waals surface area contributed by atoms with Crippen LogP contribution >= 0.6 is 15.9 Å². The summed E-state index contributed by atoms with van der Waals surface area (Å²) >= 11 is 3.40. The summed E-state index contributed by atoms with van der Waals surface area (Å²) in [6.45, 7) is 4.90. The zero-order valence-electron chi connectivity index (χ0n) is 8.46. The van der Waals surface area contributed by atoms with Crippen LogP contribution in [0.2, 0.25) is 0 Å². The Balaban J connectivity index is 2.73. The molecule has 2 nitrogen and oxygen atoms in total. The van der Waals surface area contributed by atoms with Crippen molar-refractivity contribution >= 4 is 15.9 Å². The average molecular weight is 259 g/mol. The Morgan fingerprint density at radius 2 is 2.14 bits per heavy atom. The van der Waals surface area contributed by atoms with E-state index >= 15 is 0 Å². The van der Waals surface area contributed by atoms with E-state index in [0.29, 0.717) is 13.2 Å². The van der Waals surface area contributed by atoms with E-state index in [1.165, 1.54) is 0 Å². The Morgan fingerprint density at radius 1 is 1.43 bits per heavy atom. The van der Waals surface area contributed by atoms with E-state index < -0.39 is 6.10 Å². The fraction of sp³-hybridized carbons (Fsp3) is 0.455. The summed E-state index contributed by atoms with van der Waals surface area (Å²) in [4.78, 5) is 0. The first-order valence-corrected chi connectivity index (χ1v) is 5.45. The molecule has 0 bridgehead atoms. The second-order valence-electron chi connectivity index (χ2n) is 3.24. The SMILES string of the molecule is CCOCC(O)c1cc(C)cc(Br)c1. The monoisotopic (exact) mass is 258 g/mol. The lowest BCUT2D eigenvalue weighted by atomic mass is 10.1. The van der Waals surface area contributed by atoms with Crippen LogP contribution in [0.1, 0.15) is 24.2 Å². The standard InChI is InChI=1S/C11H15BrO2/c1-3-14-7-11(13)9-4-8(2)5-10(12)6-9/h4-6,11,13H,3,7H2,1-2H3. The fourth-order valence-electron chi connectivity index (χ4n) is 1.28. The molecule has 1 atom stereocenters. The summed E-state index contributed by atoms with van der Waals surface area (Å²) in [7, 11) is 0. The van der Waals surface area contributed by atoms with Gasteiger partial charge in [-0.05, 0) is 37.1 Å². The lowest BCUT2D eigenvalue weighted by Gasteiger charge is -2.11. The number of benzene rings is 1. The maximum Gasteiger partial charge on any atom is 0.102 e. The van der Waals surface area contributed by atoms with Gasteiger partial charge in [0.15, 0.2) is 0 Å². The predicted octanol–water partition coefficient (Wildman–Crippen LogP) is 2.83. The average Bonchev–Trinajstić information content (AvgIpc) is 2.12. The molecule has 1 unspecified atom stereocenters. The van der Waals surface area contributed by atoms with Crippen LogP contribution in [-0.4, -0.2) is 18.3 Å². The highest BCUT2D eigenvalue weighted by Crippen LogP contribution is 2.20. The number of aliphatic hydroxyl groups excluding tert-OH is 1. The highest BCUT2D eigenvalue weighted by Gasteiger charge is 2.08. The second-order valence-corrected chi connectivity index (χ2v) is 4.15. The third-order valence-electron chi connectivity index (χ3n) is 1.93. The summed E-state index contributed by atoms with van der Waals surface area (Å²) in [5, 5.41) is 9.75. The molecule has 0 aromatic heterocycles. The Morgan fingerprint density at radius 3 is 2.71 bits per heavy atom. The first-order chi connectivity index (χ1) is 6.63. The van der Waals surface area contributed by atoms with Gasteiger partial charge in [-0.25, -0.2) is 0 Å². The third kappa shape index (κ3) is 3.40. The molecule has 0 fully saturated rings. The summed E-state index contributed by atoms with van der Waals surface area (Å²) in [5.41, 5.74) is 2.02. The molecule has 0 amide bonds. The van der Waals surface area contributed by atoms with Gasteiger partial charge in [0.25, 0.3) is 0 Å². The van der Waals surface area contributed by atoms with Crippen molar-refractivity contribution in [2.24, 2.45) is 0 Å². The molecule has 1 N–H and O–H groups in total. The van der Waals surface area contributed by atoms with E-state index in [0.717, 1.165) is 15.6 Å². The predicted molar refractivity (Wildman–Crippen MR) is 60.3 cm³/mol. The molecule has 0 aliphatic carbocycles. The first-order valence-electron chi connectivity index (χ1n) is 4.66. The van der Waals surface area contributed by atoms with Crippen LogP contribution in [0.5, 0.6) is 0 Å². The van der Waals surface area contributed by atoms with Crippen molar-refractivity contribution in [2.75, 3.05) is 13.2 Å².